The predicted octanol–water partition coefficient (Wildman–Crippen LogP) is 4.03. The molecular formula is C31H38N2O7. The van der Waals surface area contributed by atoms with Crippen LogP contribution < -0.4 is 14.2 Å². The van der Waals surface area contributed by atoms with Crippen molar-refractivity contribution in [2.75, 3.05) is 59.2 Å². The third-order valence-corrected chi connectivity index (χ3v) is 7.47. The molecule has 214 valence electrons. The van der Waals surface area contributed by atoms with Crippen LogP contribution in [0.3, 0.4) is 0 Å². The Morgan fingerprint density at radius 2 is 1.77 bits per heavy atom. The lowest BCUT2D eigenvalue weighted by Crippen LogP contribution is -2.38. The molecule has 0 aliphatic carbocycles. The summed E-state index contributed by atoms with van der Waals surface area (Å²) < 4.78 is 22.7. The van der Waals surface area contributed by atoms with Gasteiger partial charge in [0.25, 0.3) is 11.7 Å². The van der Waals surface area contributed by atoms with Gasteiger partial charge in [-0.3, -0.25) is 14.5 Å². The van der Waals surface area contributed by atoms with Gasteiger partial charge in [0.1, 0.15) is 24.7 Å². The van der Waals surface area contributed by atoms with E-state index in [4.69, 9.17) is 18.9 Å². The second-order valence-electron chi connectivity index (χ2n) is 10.8. The molecule has 1 atom stereocenters. The highest BCUT2D eigenvalue weighted by Crippen LogP contribution is 2.41. The minimum Gasteiger partial charge on any atom is -0.507 e. The van der Waals surface area contributed by atoms with E-state index in [0.717, 1.165) is 26.1 Å². The average molecular weight is 551 g/mol. The van der Waals surface area contributed by atoms with E-state index in [2.05, 4.69) is 18.7 Å². The van der Waals surface area contributed by atoms with Crippen molar-refractivity contribution in [3.8, 4) is 17.2 Å². The number of fused-ring (bicyclic) bond motifs is 1. The molecule has 40 heavy (non-hydrogen) atoms. The van der Waals surface area contributed by atoms with E-state index in [9.17, 15) is 14.7 Å². The second-order valence-corrected chi connectivity index (χ2v) is 10.8. The third-order valence-electron chi connectivity index (χ3n) is 7.47. The number of ketones is 1. The number of benzene rings is 2. The summed E-state index contributed by atoms with van der Waals surface area (Å²) in [5.41, 5.74) is 1.17. The summed E-state index contributed by atoms with van der Waals surface area (Å²) >= 11 is 0. The molecule has 3 aliphatic heterocycles. The smallest absolute Gasteiger partial charge is 0.295 e. The number of amides is 1. The van der Waals surface area contributed by atoms with Gasteiger partial charge in [-0.25, -0.2) is 0 Å². The van der Waals surface area contributed by atoms with Crippen LogP contribution in [0.25, 0.3) is 5.76 Å². The Kier molecular flexibility index (Phi) is 8.91. The lowest BCUT2D eigenvalue weighted by atomic mass is 9.95. The Labute approximate surface area is 235 Å². The van der Waals surface area contributed by atoms with E-state index in [0.29, 0.717) is 80.3 Å². The molecule has 0 unspecified atom stereocenters. The minimum absolute atomic E-state index is 0.0624. The molecule has 2 aromatic carbocycles. The van der Waals surface area contributed by atoms with Gasteiger partial charge < -0.3 is 29.0 Å². The number of carbonyl (C=O) groups excluding carboxylic acids is 2. The third kappa shape index (κ3) is 6.26. The first-order valence-electron chi connectivity index (χ1n) is 14.1. The number of aliphatic hydroxyl groups is 1. The first kappa shape index (κ1) is 28.0. The SMILES string of the molecule is CC(C)CCOc1cccc([C@@H]2C(=C(O)c3ccc4c(c3)OCCO4)C(=O)C(=O)N2CCCN2CCOCC2)c1. The normalized spacial score (nSPS) is 20.8. The topological polar surface area (TPSA) is 97.8 Å². The molecule has 2 aromatic rings. The molecule has 2 saturated heterocycles. The fraction of sp³-hybridized carbons (Fsp3) is 0.484. The number of hydrogen-bond acceptors (Lipinski definition) is 8. The Hall–Kier alpha value is -3.56. The van der Waals surface area contributed by atoms with E-state index < -0.39 is 17.7 Å². The highest BCUT2D eigenvalue weighted by Gasteiger charge is 2.46. The van der Waals surface area contributed by atoms with Crippen molar-refractivity contribution in [1.29, 1.82) is 0 Å². The summed E-state index contributed by atoms with van der Waals surface area (Å²) in [6, 6.07) is 11.8. The summed E-state index contributed by atoms with van der Waals surface area (Å²) in [6.45, 7) is 9.96. The molecular weight excluding hydrogens is 512 g/mol. The molecule has 1 N–H and O–H groups in total. The van der Waals surface area contributed by atoms with Crippen molar-refractivity contribution in [1.82, 2.24) is 9.80 Å². The van der Waals surface area contributed by atoms with Gasteiger partial charge in [0.15, 0.2) is 11.5 Å². The Balaban J connectivity index is 1.47. The molecule has 0 bridgehead atoms. The van der Waals surface area contributed by atoms with E-state index in [-0.39, 0.29) is 11.3 Å². The Morgan fingerprint density at radius 3 is 2.55 bits per heavy atom. The van der Waals surface area contributed by atoms with Crippen molar-refractivity contribution < 1.29 is 33.6 Å². The fourth-order valence-electron chi connectivity index (χ4n) is 5.28. The molecule has 2 fully saturated rings. The van der Waals surface area contributed by atoms with Crippen LogP contribution in [0.1, 0.15) is 43.9 Å². The number of carbonyl (C=O) groups is 2. The molecule has 0 radical (unpaired) electrons. The van der Waals surface area contributed by atoms with Gasteiger partial charge in [-0.1, -0.05) is 26.0 Å². The summed E-state index contributed by atoms with van der Waals surface area (Å²) in [4.78, 5) is 30.8. The summed E-state index contributed by atoms with van der Waals surface area (Å²) in [7, 11) is 0. The monoisotopic (exact) mass is 550 g/mol. The van der Waals surface area contributed by atoms with Crippen LogP contribution in [0.2, 0.25) is 0 Å². The van der Waals surface area contributed by atoms with Crippen LogP contribution >= 0.6 is 0 Å². The van der Waals surface area contributed by atoms with E-state index >= 15 is 0 Å². The molecule has 1 amide bonds. The number of aliphatic hydroxyl groups excluding tert-OH is 1. The molecule has 0 saturated carbocycles. The lowest BCUT2D eigenvalue weighted by Gasteiger charge is -2.29. The molecule has 3 aliphatic rings. The molecule has 0 aromatic heterocycles. The number of rotatable bonds is 10. The van der Waals surface area contributed by atoms with Crippen molar-refractivity contribution in [2.45, 2.75) is 32.7 Å². The minimum atomic E-state index is -0.744. The van der Waals surface area contributed by atoms with Gasteiger partial charge in [-0.2, -0.15) is 0 Å². The Bertz CT molecular complexity index is 1250. The van der Waals surface area contributed by atoms with E-state index in [1.165, 1.54) is 0 Å². The van der Waals surface area contributed by atoms with Gasteiger partial charge in [-0.15, -0.1) is 0 Å². The number of ether oxygens (including phenoxy) is 4. The van der Waals surface area contributed by atoms with Crippen molar-refractivity contribution >= 4 is 17.4 Å². The molecule has 0 spiro atoms. The van der Waals surface area contributed by atoms with Gasteiger partial charge in [0.2, 0.25) is 0 Å². The second kappa shape index (κ2) is 12.7. The van der Waals surface area contributed by atoms with Gasteiger partial charge in [0, 0.05) is 31.7 Å². The van der Waals surface area contributed by atoms with Crippen molar-refractivity contribution in [2.24, 2.45) is 5.92 Å². The van der Waals surface area contributed by atoms with Crippen LogP contribution in [0.4, 0.5) is 0 Å². The first-order valence-corrected chi connectivity index (χ1v) is 14.1. The standard InChI is InChI=1S/C31H38N2O7/c1-21(2)9-14-38-24-6-3-5-22(19-24)28-27(29(34)23-7-8-25-26(20-23)40-18-17-39-25)30(35)31(36)33(28)11-4-10-32-12-15-37-16-13-32/h3,5-8,19-21,28,34H,4,9-18H2,1-2H3/t28-/m1/s1. The average Bonchev–Trinajstić information content (AvgIpc) is 3.22. The summed E-state index contributed by atoms with van der Waals surface area (Å²) in [5.74, 6) is 0.694. The zero-order valence-corrected chi connectivity index (χ0v) is 23.3. The lowest BCUT2D eigenvalue weighted by molar-refractivity contribution is -0.140. The molecule has 5 rings (SSSR count). The van der Waals surface area contributed by atoms with Gasteiger partial charge in [-0.05, 0) is 54.7 Å². The van der Waals surface area contributed by atoms with Gasteiger partial charge in [0.05, 0.1) is 31.4 Å². The summed E-state index contributed by atoms with van der Waals surface area (Å²) in [5, 5.41) is 11.5. The van der Waals surface area contributed by atoms with E-state index in [1.807, 2.05) is 24.3 Å². The van der Waals surface area contributed by atoms with Gasteiger partial charge >= 0.3 is 0 Å². The molecule has 9 heteroatoms. The van der Waals surface area contributed by atoms with Crippen molar-refractivity contribution in [3.63, 3.8) is 0 Å². The number of likely N-dealkylation sites (tertiary alicyclic amines) is 1. The van der Waals surface area contributed by atoms with Crippen LogP contribution in [-0.4, -0.2) is 85.8 Å². The number of nitrogens with zero attached hydrogens (tertiary/aromatic N) is 2. The van der Waals surface area contributed by atoms with Crippen LogP contribution in [-0.2, 0) is 14.3 Å². The summed E-state index contributed by atoms with van der Waals surface area (Å²) in [6.07, 6.45) is 1.60. The number of Topliss-reactive ketones (excluding diaryl/α,β-unsaturated/α-hetero) is 1. The largest absolute Gasteiger partial charge is 0.507 e. The highest BCUT2D eigenvalue weighted by atomic mass is 16.6. The van der Waals surface area contributed by atoms with Crippen LogP contribution in [0.5, 0.6) is 17.2 Å². The first-order chi connectivity index (χ1) is 19.4. The highest BCUT2D eigenvalue weighted by molar-refractivity contribution is 6.46. The zero-order valence-electron chi connectivity index (χ0n) is 23.3. The maximum Gasteiger partial charge on any atom is 0.295 e. The van der Waals surface area contributed by atoms with Crippen LogP contribution in [0.15, 0.2) is 48.0 Å². The molecule has 9 nitrogen and oxygen atoms in total. The number of morpholine rings is 1. The molecule has 3 heterocycles. The van der Waals surface area contributed by atoms with E-state index in [1.54, 1.807) is 23.1 Å². The number of hydrogen-bond donors (Lipinski definition) is 1. The predicted molar refractivity (Wildman–Crippen MR) is 150 cm³/mol. The maximum atomic E-state index is 13.5. The maximum absolute atomic E-state index is 13.5. The quantitative estimate of drug-likeness (QED) is 0.269. The van der Waals surface area contributed by atoms with Crippen LogP contribution in [0, 0.1) is 5.92 Å². The fourth-order valence-corrected chi connectivity index (χ4v) is 5.28. The Morgan fingerprint density at radius 1 is 1.00 bits per heavy atom. The van der Waals surface area contributed by atoms with Crippen molar-refractivity contribution in [3.05, 3.63) is 59.2 Å². The zero-order chi connectivity index (χ0) is 28.1.